The first-order valence-electron chi connectivity index (χ1n) is 7.10. The third-order valence-corrected chi connectivity index (χ3v) is 2.97. The van der Waals surface area contributed by atoms with Crippen LogP contribution in [-0.2, 0) is 22.6 Å². The number of nitrogens with zero attached hydrogens (tertiary/aromatic N) is 2. The molecule has 0 spiro atoms. The molecule has 0 fully saturated rings. The quantitative estimate of drug-likeness (QED) is 0.509. The van der Waals surface area contributed by atoms with Crippen LogP contribution in [0.2, 0.25) is 0 Å². The smallest absolute Gasteiger partial charge is 0.328 e. The second-order valence-electron chi connectivity index (χ2n) is 4.58. The molecule has 5 nitrogen and oxygen atoms in total. The molecule has 0 aliphatic carbocycles. The predicted molar refractivity (Wildman–Crippen MR) is 74.1 cm³/mol. The van der Waals surface area contributed by atoms with E-state index < -0.39 is 0 Å². The fourth-order valence-electron chi connectivity index (χ4n) is 2.00. The van der Waals surface area contributed by atoms with Gasteiger partial charge in [0, 0.05) is 31.9 Å². The SMILES string of the molecule is CCCn1ccn(CCCCCC(=O)OCC)c1=O. The van der Waals surface area contributed by atoms with Crippen molar-refractivity contribution in [2.24, 2.45) is 0 Å². The molecule has 0 amide bonds. The summed E-state index contributed by atoms with van der Waals surface area (Å²) in [6.07, 6.45) is 7.78. The Hall–Kier alpha value is -1.52. The van der Waals surface area contributed by atoms with Crippen LogP contribution in [0, 0.1) is 0 Å². The molecule has 0 saturated heterocycles. The van der Waals surface area contributed by atoms with Gasteiger partial charge >= 0.3 is 11.7 Å². The van der Waals surface area contributed by atoms with Gasteiger partial charge in [-0.3, -0.25) is 13.9 Å². The molecule has 0 N–H and O–H groups in total. The topological polar surface area (TPSA) is 53.2 Å². The summed E-state index contributed by atoms with van der Waals surface area (Å²) in [5.41, 5.74) is 0.0623. The molecule has 0 bridgehead atoms. The third-order valence-electron chi connectivity index (χ3n) is 2.97. The number of hydrogen-bond acceptors (Lipinski definition) is 3. The molecule has 1 rings (SSSR count). The molecule has 1 aromatic heterocycles. The molecule has 0 unspecified atom stereocenters. The summed E-state index contributed by atoms with van der Waals surface area (Å²) < 4.78 is 8.33. The van der Waals surface area contributed by atoms with Gasteiger partial charge in [0.1, 0.15) is 0 Å². The molecule has 0 radical (unpaired) electrons. The maximum absolute atomic E-state index is 11.9. The first-order chi connectivity index (χ1) is 9.19. The molecule has 0 aromatic carbocycles. The number of carbonyl (C=O) groups excluding carboxylic acids is 1. The van der Waals surface area contributed by atoms with Crippen molar-refractivity contribution in [3.8, 4) is 0 Å². The van der Waals surface area contributed by atoms with Gasteiger partial charge in [-0.15, -0.1) is 0 Å². The van der Waals surface area contributed by atoms with Crippen molar-refractivity contribution < 1.29 is 9.53 Å². The Labute approximate surface area is 114 Å². The average molecular weight is 268 g/mol. The van der Waals surface area contributed by atoms with E-state index in [-0.39, 0.29) is 11.7 Å². The van der Waals surface area contributed by atoms with E-state index in [1.54, 1.807) is 9.13 Å². The number of rotatable bonds is 9. The highest BCUT2D eigenvalue weighted by Crippen LogP contribution is 2.03. The standard InChI is InChI=1S/C14H24N2O3/c1-3-9-15-11-12-16(14(15)18)10-7-5-6-8-13(17)19-4-2/h11-12H,3-10H2,1-2H3. The van der Waals surface area contributed by atoms with Crippen LogP contribution >= 0.6 is 0 Å². The summed E-state index contributed by atoms with van der Waals surface area (Å²) in [5.74, 6) is -0.131. The minimum Gasteiger partial charge on any atom is -0.466 e. The van der Waals surface area contributed by atoms with E-state index in [2.05, 4.69) is 6.92 Å². The molecule has 0 atom stereocenters. The van der Waals surface area contributed by atoms with Crippen molar-refractivity contribution in [3.63, 3.8) is 0 Å². The second kappa shape index (κ2) is 8.56. The van der Waals surface area contributed by atoms with Gasteiger partial charge in [-0.1, -0.05) is 13.3 Å². The third kappa shape index (κ3) is 5.32. The van der Waals surface area contributed by atoms with Crippen molar-refractivity contribution in [3.05, 3.63) is 22.9 Å². The lowest BCUT2D eigenvalue weighted by Gasteiger charge is -2.03. The van der Waals surface area contributed by atoms with E-state index in [1.165, 1.54) is 0 Å². The Balaban J connectivity index is 2.23. The molecule has 5 heteroatoms. The van der Waals surface area contributed by atoms with Crippen molar-refractivity contribution in [1.82, 2.24) is 9.13 Å². The summed E-state index contributed by atoms with van der Waals surface area (Å²) in [6, 6.07) is 0. The number of esters is 1. The first kappa shape index (κ1) is 15.5. The highest BCUT2D eigenvalue weighted by atomic mass is 16.5. The molecule has 108 valence electrons. The van der Waals surface area contributed by atoms with Crippen LogP contribution in [-0.4, -0.2) is 21.7 Å². The number of unbranched alkanes of at least 4 members (excludes halogenated alkanes) is 2. The zero-order valence-corrected chi connectivity index (χ0v) is 11.9. The lowest BCUT2D eigenvalue weighted by molar-refractivity contribution is -0.143. The van der Waals surface area contributed by atoms with Crippen LogP contribution in [0.15, 0.2) is 17.2 Å². The molecular formula is C14H24N2O3. The second-order valence-corrected chi connectivity index (χ2v) is 4.58. The summed E-state index contributed by atoms with van der Waals surface area (Å²) >= 11 is 0. The van der Waals surface area contributed by atoms with Gasteiger partial charge in [0.2, 0.25) is 0 Å². The lowest BCUT2D eigenvalue weighted by Crippen LogP contribution is -2.24. The van der Waals surface area contributed by atoms with Crippen LogP contribution in [0.3, 0.4) is 0 Å². The van der Waals surface area contributed by atoms with Crippen LogP contribution < -0.4 is 5.69 Å². The summed E-state index contributed by atoms with van der Waals surface area (Å²) in [6.45, 7) is 5.80. The Morgan fingerprint density at radius 1 is 1.11 bits per heavy atom. The van der Waals surface area contributed by atoms with Crippen LogP contribution in [0.25, 0.3) is 0 Å². The fraction of sp³-hybridized carbons (Fsp3) is 0.714. The van der Waals surface area contributed by atoms with Crippen molar-refractivity contribution in [2.75, 3.05) is 6.61 Å². The van der Waals surface area contributed by atoms with E-state index in [9.17, 15) is 9.59 Å². The number of ether oxygens (including phenoxy) is 1. The number of aromatic nitrogens is 2. The number of imidazole rings is 1. The Bertz CT molecular complexity index is 434. The summed E-state index contributed by atoms with van der Waals surface area (Å²) in [5, 5.41) is 0. The minimum absolute atomic E-state index is 0.0623. The van der Waals surface area contributed by atoms with Gasteiger partial charge in [0.15, 0.2) is 0 Å². The van der Waals surface area contributed by atoms with E-state index in [1.807, 2.05) is 19.3 Å². The lowest BCUT2D eigenvalue weighted by atomic mass is 10.2. The van der Waals surface area contributed by atoms with Crippen LogP contribution in [0.1, 0.15) is 46.0 Å². The molecular weight excluding hydrogens is 244 g/mol. The maximum atomic E-state index is 11.9. The zero-order valence-electron chi connectivity index (χ0n) is 11.9. The summed E-state index contributed by atoms with van der Waals surface area (Å²) in [7, 11) is 0. The van der Waals surface area contributed by atoms with Crippen LogP contribution in [0.4, 0.5) is 0 Å². The van der Waals surface area contributed by atoms with E-state index in [0.29, 0.717) is 13.0 Å². The molecule has 0 aliphatic heterocycles. The van der Waals surface area contributed by atoms with E-state index in [0.717, 1.165) is 38.8 Å². The van der Waals surface area contributed by atoms with Gasteiger partial charge in [-0.2, -0.15) is 0 Å². The number of hydrogen-bond donors (Lipinski definition) is 0. The summed E-state index contributed by atoms with van der Waals surface area (Å²) in [4.78, 5) is 23.0. The normalized spacial score (nSPS) is 10.6. The fourth-order valence-corrected chi connectivity index (χ4v) is 2.00. The Morgan fingerprint density at radius 3 is 2.42 bits per heavy atom. The van der Waals surface area contributed by atoms with Crippen LogP contribution in [0.5, 0.6) is 0 Å². The maximum Gasteiger partial charge on any atom is 0.328 e. The van der Waals surface area contributed by atoms with Gasteiger partial charge in [0.05, 0.1) is 6.61 Å². The molecule has 0 aliphatic rings. The Morgan fingerprint density at radius 2 is 1.79 bits per heavy atom. The zero-order chi connectivity index (χ0) is 14.1. The largest absolute Gasteiger partial charge is 0.466 e. The van der Waals surface area contributed by atoms with E-state index >= 15 is 0 Å². The van der Waals surface area contributed by atoms with Crippen molar-refractivity contribution in [2.45, 2.75) is 59.0 Å². The van der Waals surface area contributed by atoms with Gasteiger partial charge < -0.3 is 4.74 Å². The van der Waals surface area contributed by atoms with Gasteiger partial charge in [-0.25, -0.2) is 4.79 Å². The molecule has 0 saturated carbocycles. The molecule has 1 aromatic rings. The Kier molecular flexibility index (Phi) is 7.00. The highest BCUT2D eigenvalue weighted by molar-refractivity contribution is 5.69. The van der Waals surface area contributed by atoms with Crippen molar-refractivity contribution >= 4 is 5.97 Å². The average Bonchev–Trinajstić information content (AvgIpc) is 2.72. The van der Waals surface area contributed by atoms with E-state index in [4.69, 9.17) is 4.74 Å². The monoisotopic (exact) mass is 268 g/mol. The number of carbonyl (C=O) groups is 1. The minimum atomic E-state index is -0.131. The molecule has 19 heavy (non-hydrogen) atoms. The first-order valence-corrected chi connectivity index (χ1v) is 7.10. The van der Waals surface area contributed by atoms with Crippen molar-refractivity contribution in [1.29, 1.82) is 0 Å². The molecule has 1 heterocycles. The highest BCUT2D eigenvalue weighted by Gasteiger charge is 2.03. The van der Waals surface area contributed by atoms with Gasteiger partial charge in [-0.05, 0) is 26.2 Å². The number of aryl methyl sites for hydroxylation is 2. The van der Waals surface area contributed by atoms with Gasteiger partial charge in [0.25, 0.3) is 0 Å². The predicted octanol–water partition coefficient (Wildman–Crippen LogP) is 2.18.